The Morgan fingerprint density at radius 1 is 1.12 bits per heavy atom. The molecule has 1 aliphatic heterocycles. The summed E-state index contributed by atoms with van der Waals surface area (Å²) >= 11 is 0. The molecule has 1 aromatic carbocycles. The van der Waals surface area contributed by atoms with E-state index in [-0.39, 0.29) is 29.5 Å². The lowest BCUT2D eigenvalue weighted by Gasteiger charge is -2.35. The van der Waals surface area contributed by atoms with E-state index < -0.39 is 22.1 Å². The van der Waals surface area contributed by atoms with Gasteiger partial charge >= 0.3 is 5.97 Å². The van der Waals surface area contributed by atoms with Gasteiger partial charge in [0, 0.05) is 33.3 Å². The third-order valence-corrected chi connectivity index (χ3v) is 5.90. The number of rotatable bonds is 5. The zero-order valence-electron chi connectivity index (χ0n) is 13.5. The molecule has 0 radical (unpaired) electrons. The molecule has 1 aliphatic rings. The lowest BCUT2D eigenvalue weighted by Crippen LogP contribution is -2.52. The van der Waals surface area contributed by atoms with Crippen molar-refractivity contribution in [2.75, 3.05) is 33.3 Å². The van der Waals surface area contributed by atoms with Crippen LogP contribution in [0.3, 0.4) is 0 Å². The Labute approximate surface area is 140 Å². The number of carboxylic acid groups (broad SMARTS) is 1. The number of ether oxygens (including phenoxy) is 1. The van der Waals surface area contributed by atoms with Gasteiger partial charge in [0.05, 0.1) is 10.5 Å². The number of methoxy groups -OCH3 is 1. The summed E-state index contributed by atoms with van der Waals surface area (Å²) in [6, 6.07) is 5.08. The van der Waals surface area contributed by atoms with Crippen LogP contribution < -0.4 is 0 Å². The van der Waals surface area contributed by atoms with Crippen LogP contribution >= 0.6 is 0 Å². The molecule has 1 aromatic rings. The molecule has 1 heterocycles. The van der Waals surface area contributed by atoms with Crippen molar-refractivity contribution in [3.63, 3.8) is 0 Å². The van der Waals surface area contributed by atoms with Gasteiger partial charge in [0.1, 0.15) is 6.10 Å². The number of hydrogen-bond acceptors (Lipinski definition) is 5. The van der Waals surface area contributed by atoms with Crippen LogP contribution in [0.4, 0.5) is 0 Å². The van der Waals surface area contributed by atoms with Crippen molar-refractivity contribution in [2.45, 2.75) is 17.9 Å². The molecule has 1 unspecified atom stereocenters. The van der Waals surface area contributed by atoms with Crippen molar-refractivity contribution in [1.82, 2.24) is 9.21 Å². The van der Waals surface area contributed by atoms with Gasteiger partial charge in [0.25, 0.3) is 5.91 Å². The third-order valence-electron chi connectivity index (χ3n) is 3.99. The second-order valence-electron chi connectivity index (χ2n) is 5.44. The van der Waals surface area contributed by atoms with Gasteiger partial charge in [-0.1, -0.05) is 0 Å². The van der Waals surface area contributed by atoms with Crippen LogP contribution in [0.15, 0.2) is 29.2 Å². The van der Waals surface area contributed by atoms with Gasteiger partial charge in [0.2, 0.25) is 10.0 Å². The van der Waals surface area contributed by atoms with E-state index >= 15 is 0 Å². The lowest BCUT2D eigenvalue weighted by atomic mass is 10.2. The largest absolute Gasteiger partial charge is 0.478 e. The van der Waals surface area contributed by atoms with Gasteiger partial charge in [0.15, 0.2) is 0 Å². The molecule has 8 nitrogen and oxygen atoms in total. The van der Waals surface area contributed by atoms with Crippen LogP contribution in [0, 0.1) is 0 Å². The summed E-state index contributed by atoms with van der Waals surface area (Å²) in [6.45, 7) is 2.60. The van der Waals surface area contributed by atoms with Gasteiger partial charge in [-0.15, -0.1) is 0 Å². The highest BCUT2D eigenvalue weighted by Gasteiger charge is 2.31. The first-order chi connectivity index (χ1) is 11.3. The highest BCUT2D eigenvalue weighted by atomic mass is 32.2. The maximum Gasteiger partial charge on any atom is 0.335 e. The summed E-state index contributed by atoms with van der Waals surface area (Å²) in [5.41, 5.74) is 0.0259. The molecule has 1 N–H and O–H groups in total. The van der Waals surface area contributed by atoms with Crippen LogP contribution in [0.25, 0.3) is 0 Å². The number of carbonyl (C=O) groups excluding carboxylic acids is 1. The maximum absolute atomic E-state index is 12.6. The second kappa shape index (κ2) is 7.29. The predicted octanol–water partition coefficient (Wildman–Crippen LogP) is 0.253. The summed E-state index contributed by atoms with van der Waals surface area (Å²) in [6.07, 6.45) is -0.559. The first-order valence-electron chi connectivity index (χ1n) is 7.42. The quantitative estimate of drug-likeness (QED) is 0.811. The van der Waals surface area contributed by atoms with Crippen molar-refractivity contribution in [2.24, 2.45) is 0 Å². The zero-order valence-corrected chi connectivity index (χ0v) is 14.3. The minimum atomic E-state index is -3.71. The number of carbonyl (C=O) groups is 2. The Morgan fingerprint density at radius 2 is 1.67 bits per heavy atom. The zero-order chi connectivity index (χ0) is 17.9. The molecule has 0 aromatic heterocycles. The Kier molecular flexibility index (Phi) is 5.58. The Hall–Kier alpha value is -1.97. The molecular weight excluding hydrogens is 336 g/mol. The van der Waals surface area contributed by atoms with E-state index in [4.69, 9.17) is 9.84 Å². The summed E-state index contributed by atoms with van der Waals surface area (Å²) in [5.74, 6) is -1.28. The molecule has 0 bridgehead atoms. The van der Waals surface area contributed by atoms with Crippen LogP contribution in [0.5, 0.6) is 0 Å². The standard InChI is InChI=1S/C15H20N2O6S/c1-11(23-2)14(18)16-7-9-17(10-8-16)24(21,22)13-5-3-12(4-6-13)15(19)20/h3-6,11H,7-10H2,1-2H3,(H,19,20). The van der Waals surface area contributed by atoms with Gasteiger partial charge < -0.3 is 14.7 Å². The van der Waals surface area contributed by atoms with Crippen LogP contribution in [-0.2, 0) is 19.6 Å². The van der Waals surface area contributed by atoms with Crippen molar-refractivity contribution >= 4 is 21.9 Å². The lowest BCUT2D eigenvalue weighted by molar-refractivity contribution is -0.142. The van der Waals surface area contributed by atoms with E-state index in [1.54, 1.807) is 11.8 Å². The molecular formula is C15H20N2O6S. The van der Waals surface area contributed by atoms with Gasteiger partial charge in [-0.2, -0.15) is 4.31 Å². The number of aromatic carboxylic acids is 1. The molecule has 24 heavy (non-hydrogen) atoms. The molecule has 1 saturated heterocycles. The van der Waals surface area contributed by atoms with Crippen LogP contribution in [0.1, 0.15) is 17.3 Å². The first-order valence-corrected chi connectivity index (χ1v) is 8.86. The van der Waals surface area contributed by atoms with E-state index in [2.05, 4.69) is 0 Å². The fourth-order valence-electron chi connectivity index (χ4n) is 2.43. The molecule has 1 atom stereocenters. The van der Waals surface area contributed by atoms with E-state index in [0.717, 1.165) is 0 Å². The molecule has 0 aliphatic carbocycles. The monoisotopic (exact) mass is 356 g/mol. The summed E-state index contributed by atoms with van der Waals surface area (Å²) in [7, 11) is -2.26. The molecule has 9 heteroatoms. The molecule has 1 fully saturated rings. The predicted molar refractivity (Wildman–Crippen MR) is 85.2 cm³/mol. The van der Waals surface area contributed by atoms with Crippen molar-refractivity contribution < 1.29 is 27.9 Å². The summed E-state index contributed by atoms with van der Waals surface area (Å²) < 4.78 is 31.5. The number of hydrogen-bond donors (Lipinski definition) is 1. The highest BCUT2D eigenvalue weighted by molar-refractivity contribution is 7.89. The third kappa shape index (κ3) is 3.74. The maximum atomic E-state index is 12.6. The SMILES string of the molecule is COC(C)C(=O)N1CCN(S(=O)(=O)c2ccc(C(=O)O)cc2)CC1. The number of benzene rings is 1. The Morgan fingerprint density at radius 3 is 2.12 bits per heavy atom. The van der Waals surface area contributed by atoms with Crippen molar-refractivity contribution in [1.29, 1.82) is 0 Å². The molecule has 0 spiro atoms. The van der Waals surface area contributed by atoms with E-state index in [9.17, 15) is 18.0 Å². The second-order valence-corrected chi connectivity index (χ2v) is 7.37. The van der Waals surface area contributed by atoms with Crippen LogP contribution in [-0.4, -0.2) is 74.0 Å². The minimum Gasteiger partial charge on any atom is -0.478 e. The number of piperazine rings is 1. The fourth-order valence-corrected chi connectivity index (χ4v) is 3.85. The molecule has 2 rings (SSSR count). The average Bonchev–Trinajstić information content (AvgIpc) is 2.60. The van der Waals surface area contributed by atoms with E-state index in [1.807, 2.05) is 0 Å². The van der Waals surface area contributed by atoms with Crippen molar-refractivity contribution in [3.05, 3.63) is 29.8 Å². The van der Waals surface area contributed by atoms with E-state index in [1.165, 1.54) is 35.7 Å². The highest BCUT2D eigenvalue weighted by Crippen LogP contribution is 2.18. The Balaban J connectivity index is 2.07. The normalized spacial score (nSPS) is 17.5. The smallest absolute Gasteiger partial charge is 0.335 e. The molecule has 0 saturated carbocycles. The number of sulfonamides is 1. The van der Waals surface area contributed by atoms with Gasteiger partial charge in [-0.25, -0.2) is 13.2 Å². The van der Waals surface area contributed by atoms with Gasteiger partial charge in [-0.3, -0.25) is 4.79 Å². The Bertz CT molecular complexity index is 708. The van der Waals surface area contributed by atoms with Gasteiger partial charge in [-0.05, 0) is 31.2 Å². The average molecular weight is 356 g/mol. The summed E-state index contributed by atoms with van der Waals surface area (Å²) in [4.78, 5) is 24.5. The molecule has 132 valence electrons. The first kappa shape index (κ1) is 18.4. The minimum absolute atomic E-state index is 0.0259. The van der Waals surface area contributed by atoms with E-state index in [0.29, 0.717) is 13.1 Å². The summed E-state index contributed by atoms with van der Waals surface area (Å²) in [5, 5.41) is 8.87. The number of carboxylic acids is 1. The molecule has 1 amide bonds. The van der Waals surface area contributed by atoms with Crippen molar-refractivity contribution in [3.8, 4) is 0 Å². The topological polar surface area (TPSA) is 104 Å². The fraction of sp³-hybridized carbons (Fsp3) is 0.467. The number of amides is 1. The number of nitrogens with zero attached hydrogens (tertiary/aromatic N) is 2. The van der Waals surface area contributed by atoms with Crippen LogP contribution in [0.2, 0.25) is 0 Å².